The molecule has 0 aliphatic carbocycles. The van der Waals surface area contributed by atoms with Gasteiger partial charge in [0.25, 0.3) is 5.91 Å². The first-order chi connectivity index (χ1) is 10.7. The molecule has 128 valence electrons. The molecule has 1 aliphatic heterocycles. The van der Waals surface area contributed by atoms with Crippen LogP contribution in [0.4, 0.5) is 13.2 Å². The summed E-state index contributed by atoms with van der Waals surface area (Å²) in [5.41, 5.74) is -1.05. The molecule has 0 bridgehead atoms. The molecule has 1 N–H and O–H groups in total. The fourth-order valence-corrected chi connectivity index (χ4v) is 2.78. The first-order valence-corrected chi connectivity index (χ1v) is 7.56. The van der Waals surface area contributed by atoms with Gasteiger partial charge in [-0.15, -0.1) is 0 Å². The minimum absolute atomic E-state index is 0.0857. The SMILES string of the molecule is CN(C)[C@H]1CCCCN(C(=O)c2ccc(C(F)(F)F)cc2O)C1. The highest BCUT2D eigenvalue weighted by atomic mass is 19.4. The first kappa shape index (κ1) is 17.6. The Morgan fingerprint density at radius 2 is 2.00 bits per heavy atom. The molecule has 1 aliphatic rings. The van der Waals surface area contributed by atoms with Crippen molar-refractivity contribution >= 4 is 5.91 Å². The van der Waals surface area contributed by atoms with E-state index in [0.29, 0.717) is 19.2 Å². The van der Waals surface area contributed by atoms with Gasteiger partial charge in [-0.25, -0.2) is 0 Å². The summed E-state index contributed by atoms with van der Waals surface area (Å²) >= 11 is 0. The quantitative estimate of drug-likeness (QED) is 0.907. The van der Waals surface area contributed by atoms with Crippen LogP contribution in [0.3, 0.4) is 0 Å². The smallest absolute Gasteiger partial charge is 0.416 e. The third kappa shape index (κ3) is 4.16. The molecule has 23 heavy (non-hydrogen) atoms. The summed E-state index contributed by atoms with van der Waals surface area (Å²) in [4.78, 5) is 16.2. The minimum atomic E-state index is -4.54. The van der Waals surface area contributed by atoms with Crippen LogP contribution in [0.5, 0.6) is 5.75 Å². The van der Waals surface area contributed by atoms with Gasteiger partial charge in [0.05, 0.1) is 11.1 Å². The summed E-state index contributed by atoms with van der Waals surface area (Å²) in [6.45, 7) is 1.05. The largest absolute Gasteiger partial charge is 0.507 e. The predicted octanol–water partition coefficient (Wildman–Crippen LogP) is 2.97. The zero-order valence-electron chi connectivity index (χ0n) is 13.2. The highest BCUT2D eigenvalue weighted by molar-refractivity contribution is 5.97. The number of carbonyl (C=O) groups excluding carboxylic acids is 1. The van der Waals surface area contributed by atoms with Crippen LogP contribution < -0.4 is 0 Å². The predicted molar refractivity (Wildman–Crippen MR) is 80.3 cm³/mol. The average Bonchev–Trinajstić information content (AvgIpc) is 2.71. The Balaban J connectivity index is 2.22. The number of aromatic hydroxyl groups is 1. The molecule has 0 unspecified atom stereocenters. The fourth-order valence-electron chi connectivity index (χ4n) is 2.78. The van der Waals surface area contributed by atoms with Gasteiger partial charge in [0.2, 0.25) is 0 Å². The maximum atomic E-state index is 12.6. The van der Waals surface area contributed by atoms with Gasteiger partial charge in [0.1, 0.15) is 5.75 Å². The molecule has 0 spiro atoms. The molecule has 4 nitrogen and oxygen atoms in total. The van der Waals surface area contributed by atoms with Gasteiger partial charge in [-0.05, 0) is 45.1 Å². The standard InChI is InChI=1S/C16H21F3N2O2/c1-20(2)12-5-3-4-8-21(10-12)15(23)13-7-6-11(9-14(13)22)16(17,18)19/h6-7,9,12,22H,3-5,8,10H2,1-2H3/t12-/m0/s1. The van der Waals surface area contributed by atoms with E-state index in [-0.39, 0.29) is 11.6 Å². The zero-order valence-corrected chi connectivity index (χ0v) is 13.2. The molecule has 0 saturated carbocycles. The van der Waals surface area contributed by atoms with E-state index in [9.17, 15) is 23.1 Å². The van der Waals surface area contributed by atoms with E-state index in [2.05, 4.69) is 0 Å². The van der Waals surface area contributed by atoms with Crippen LogP contribution in [0.15, 0.2) is 18.2 Å². The highest BCUT2D eigenvalue weighted by Crippen LogP contribution is 2.33. The number of phenolic OH excluding ortho intramolecular Hbond substituents is 1. The number of likely N-dealkylation sites (N-methyl/N-ethyl adjacent to an activating group) is 1. The van der Waals surface area contributed by atoms with Crippen LogP contribution in [0.2, 0.25) is 0 Å². The Hall–Kier alpha value is -1.76. The molecular weight excluding hydrogens is 309 g/mol. The van der Waals surface area contributed by atoms with E-state index in [1.807, 2.05) is 19.0 Å². The minimum Gasteiger partial charge on any atom is -0.507 e. The molecule has 1 fully saturated rings. The topological polar surface area (TPSA) is 43.8 Å². The highest BCUT2D eigenvalue weighted by Gasteiger charge is 2.32. The summed E-state index contributed by atoms with van der Waals surface area (Å²) in [5, 5.41) is 9.84. The van der Waals surface area contributed by atoms with Gasteiger partial charge in [-0.1, -0.05) is 6.42 Å². The third-order valence-electron chi connectivity index (χ3n) is 4.22. The maximum Gasteiger partial charge on any atom is 0.416 e. The van der Waals surface area contributed by atoms with Crippen molar-refractivity contribution in [2.24, 2.45) is 0 Å². The van der Waals surface area contributed by atoms with Crippen molar-refractivity contribution in [3.8, 4) is 5.75 Å². The van der Waals surface area contributed by atoms with Gasteiger partial charge in [0.15, 0.2) is 0 Å². The van der Waals surface area contributed by atoms with Gasteiger partial charge >= 0.3 is 6.18 Å². The lowest BCUT2D eigenvalue weighted by Gasteiger charge is -2.28. The fraction of sp³-hybridized carbons (Fsp3) is 0.562. The van der Waals surface area contributed by atoms with Crippen molar-refractivity contribution in [2.45, 2.75) is 31.5 Å². The molecule has 7 heteroatoms. The molecule has 1 aromatic carbocycles. The van der Waals surface area contributed by atoms with Crippen molar-refractivity contribution in [1.29, 1.82) is 0 Å². The second kappa shape index (κ2) is 6.78. The zero-order chi connectivity index (χ0) is 17.2. The third-order valence-corrected chi connectivity index (χ3v) is 4.22. The summed E-state index contributed by atoms with van der Waals surface area (Å²) < 4.78 is 37.9. The second-order valence-electron chi connectivity index (χ2n) is 6.09. The monoisotopic (exact) mass is 330 g/mol. The average molecular weight is 330 g/mol. The van der Waals surface area contributed by atoms with Crippen molar-refractivity contribution in [2.75, 3.05) is 27.2 Å². The Kier molecular flexibility index (Phi) is 5.19. The molecule has 2 rings (SSSR count). The molecule has 1 aromatic rings. The van der Waals surface area contributed by atoms with Crippen LogP contribution in [0, 0.1) is 0 Å². The lowest BCUT2D eigenvalue weighted by molar-refractivity contribution is -0.137. The van der Waals surface area contributed by atoms with E-state index >= 15 is 0 Å². The van der Waals surface area contributed by atoms with Crippen LogP contribution in [0.25, 0.3) is 0 Å². The molecular formula is C16H21F3N2O2. The van der Waals surface area contributed by atoms with Crippen molar-refractivity contribution in [3.63, 3.8) is 0 Å². The summed E-state index contributed by atoms with van der Waals surface area (Å²) in [6.07, 6.45) is -1.74. The molecule has 1 amide bonds. The Morgan fingerprint density at radius 1 is 1.30 bits per heavy atom. The first-order valence-electron chi connectivity index (χ1n) is 7.56. The number of nitrogens with zero attached hydrogens (tertiary/aromatic N) is 2. The number of phenols is 1. The van der Waals surface area contributed by atoms with E-state index in [1.165, 1.54) is 0 Å². The van der Waals surface area contributed by atoms with Crippen LogP contribution in [-0.4, -0.2) is 54.0 Å². The number of rotatable bonds is 2. The van der Waals surface area contributed by atoms with E-state index in [4.69, 9.17) is 0 Å². The van der Waals surface area contributed by atoms with Crippen LogP contribution >= 0.6 is 0 Å². The van der Waals surface area contributed by atoms with Crippen LogP contribution in [0.1, 0.15) is 35.2 Å². The maximum absolute atomic E-state index is 12.6. The molecule has 1 atom stereocenters. The summed E-state index contributed by atoms with van der Waals surface area (Å²) in [7, 11) is 3.88. The second-order valence-corrected chi connectivity index (χ2v) is 6.09. The van der Waals surface area contributed by atoms with Crippen molar-refractivity contribution < 1.29 is 23.1 Å². The molecule has 1 saturated heterocycles. The van der Waals surface area contributed by atoms with Gasteiger partial charge in [0, 0.05) is 19.1 Å². The molecule has 1 heterocycles. The van der Waals surface area contributed by atoms with Gasteiger partial charge < -0.3 is 14.9 Å². The number of hydrogen-bond donors (Lipinski definition) is 1. The summed E-state index contributed by atoms with van der Waals surface area (Å²) in [6, 6.07) is 2.69. The number of likely N-dealkylation sites (tertiary alicyclic amines) is 1. The van der Waals surface area contributed by atoms with Gasteiger partial charge in [-0.2, -0.15) is 13.2 Å². The molecule has 0 radical (unpaired) electrons. The van der Waals surface area contributed by atoms with E-state index in [0.717, 1.165) is 31.4 Å². The number of carbonyl (C=O) groups is 1. The number of hydrogen-bond acceptors (Lipinski definition) is 3. The van der Waals surface area contributed by atoms with E-state index < -0.39 is 23.4 Å². The summed E-state index contributed by atoms with van der Waals surface area (Å²) in [5.74, 6) is -1.06. The lowest BCUT2D eigenvalue weighted by atomic mass is 10.1. The van der Waals surface area contributed by atoms with E-state index in [1.54, 1.807) is 4.90 Å². The van der Waals surface area contributed by atoms with Gasteiger partial charge in [-0.3, -0.25) is 4.79 Å². The Bertz CT molecular complexity index is 573. The van der Waals surface area contributed by atoms with Crippen molar-refractivity contribution in [1.82, 2.24) is 9.80 Å². The number of alkyl halides is 3. The lowest BCUT2D eigenvalue weighted by Crippen LogP contribution is -2.42. The number of amides is 1. The number of benzene rings is 1. The number of halogens is 3. The normalized spacial score (nSPS) is 19.7. The molecule has 0 aromatic heterocycles. The van der Waals surface area contributed by atoms with Crippen LogP contribution in [-0.2, 0) is 6.18 Å². The Labute approximate surface area is 133 Å². The van der Waals surface area contributed by atoms with Crippen molar-refractivity contribution in [3.05, 3.63) is 29.3 Å². The Morgan fingerprint density at radius 3 is 2.57 bits per heavy atom.